The zero-order valence-corrected chi connectivity index (χ0v) is 38.9. The number of nitrogens with zero attached hydrogens (tertiary/aromatic N) is 2. The van der Waals surface area contributed by atoms with Gasteiger partial charge in [-0.1, -0.05) is 152 Å². The van der Waals surface area contributed by atoms with E-state index in [2.05, 4.69) is 235 Å². The van der Waals surface area contributed by atoms with E-state index in [-0.39, 0.29) is 0 Å². The van der Waals surface area contributed by atoms with Crippen LogP contribution in [-0.4, -0.2) is 9.13 Å². The quantitative estimate of drug-likeness (QED) is 0.160. The predicted octanol–water partition coefficient (Wildman–Crippen LogP) is 17.0. The van der Waals surface area contributed by atoms with Crippen molar-refractivity contribution < 1.29 is 8.83 Å². The van der Waals surface area contributed by atoms with Crippen LogP contribution in [0.25, 0.3) is 145 Å². The van der Waals surface area contributed by atoms with Crippen molar-refractivity contribution in [3.05, 3.63) is 241 Å². The van der Waals surface area contributed by atoms with Gasteiger partial charge < -0.3 is 18.0 Å². The fourth-order valence-corrected chi connectivity index (χ4v) is 11.0. The molecule has 14 rings (SSSR count). The molecule has 0 aliphatic carbocycles. The Hall–Kier alpha value is -9.38. The van der Waals surface area contributed by atoms with Crippen molar-refractivity contribution in [2.24, 2.45) is 0 Å². The number of rotatable bonds is 7. The summed E-state index contributed by atoms with van der Waals surface area (Å²) in [6.45, 7) is 6.41. The van der Waals surface area contributed by atoms with Gasteiger partial charge in [-0.05, 0) is 142 Å². The van der Waals surface area contributed by atoms with Crippen molar-refractivity contribution in [1.29, 1.82) is 0 Å². The zero-order valence-electron chi connectivity index (χ0n) is 38.9. The predicted molar refractivity (Wildman–Crippen MR) is 298 cm³/mol. The Labute approximate surface area is 409 Å². The molecule has 71 heavy (non-hydrogen) atoms. The highest BCUT2D eigenvalue weighted by molar-refractivity contribution is 6.15. The number of hydrogen-bond acceptors (Lipinski definition) is 2. The van der Waals surface area contributed by atoms with Crippen LogP contribution >= 0.6 is 0 Å². The SMILES string of the molecule is C=c1oc2ccccc2/c1=C/C(=C\C)n1c2ccc(-c3ccccc3)cc2c2cc(-c3cccc(-c4ccc5c(c4)c4cc(-c6ccccc6)ccc4n5-c4ccc5oc6ccccc6c5c4)c3)ccc21. The Kier molecular flexibility index (Phi) is 9.23. The molecule has 4 heteroatoms. The third-order valence-electron chi connectivity index (χ3n) is 14.4. The van der Waals surface area contributed by atoms with Crippen LogP contribution in [0.2, 0.25) is 0 Å². The summed E-state index contributed by atoms with van der Waals surface area (Å²) < 4.78 is 17.2. The van der Waals surface area contributed by atoms with E-state index in [0.717, 1.165) is 93.8 Å². The van der Waals surface area contributed by atoms with Gasteiger partial charge in [0.05, 0.1) is 22.1 Å². The fraction of sp³-hybridized carbons (Fsp3) is 0.0149. The summed E-state index contributed by atoms with van der Waals surface area (Å²) in [4.78, 5) is 0. The first kappa shape index (κ1) is 40.7. The van der Waals surface area contributed by atoms with E-state index in [1.54, 1.807) is 0 Å². The van der Waals surface area contributed by atoms with Crippen molar-refractivity contribution in [2.45, 2.75) is 6.92 Å². The molecule has 0 atom stereocenters. The van der Waals surface area contributed by atoms with E-state index in [4.69, 9.17) is 8.83 Å². The van der Waals surface area contributed by atoms with E-state index in [1.807, 2.05) is 24.3 Å². The third kappa shape index (κ3) is 6.60. The van der Waals surface area contributed by atoms with Crippen LogP contribution in [0.1, 0.15) is 6.92 Å². The number of fused-ring (bicyclic) bond motifs is 10. The van der Waals surface area contributed by atoms with Crippen molar-refractivity contribution in [3.63, 3.8) is 0 Å². The number of hydrogen-bond donors (Lipinski definition) is 0. The lowest BCUT2D eigenvalue weighted by molar-refractivity contribution is 0.577. The summed E-state index contributed by atoms with van der Waals surface area (Å²) in [5.41, 5.74) is 19.4. The van der Waals surface area contributed by atoms with Gasteiger partial charge >= 0.3 is 0 Å². The van der Waals surface area contributed by atoms with Gasteiger partial charge in [-0.15, -0.1) is 0 Å². The third-order valence-corrected chi connectivity index (χ3v) is 14.4. The Morgan fingerprint density at radius 3 is 1.39 bits per heavy atom. The first-order valence-corrected chi connectivity index (χ1v) is 24.2. The summed E-state index contributed by atoms with van der Waals surface area (Å²) in [6, 6.07) is 80.9. The van der Waals surface area contributed by atoms with Crippen LogP contribution in [0.15, 0.2) is 239 Å². The maximum atomic E-state index is 6.26. The van der Waals surface area contributed by atoms with Crippen LogP contribution < -0.4 is 10.6 Å². The average molecular weight is 909 g/mol. The first-order valence-electron chi connectivity index (χ1n) is 24.2. The zero-order chi connectivity index (χ0) is 47.2. The van der Waals surface area contributed by atoms with Gasteiger partial charge in [0.2, 0.25) is 0 Å². The van der Waals surface area contributed by atoms with Crippen molar-refractivity contribution in [3.8, 4) is 50.2 Å². The van der Waals surface area contributed by atoms with Crippen molar-refractivity contribution in [2.75, 3.05) is 0 Å². The fourth-order valence-electron chi connectivity index (χ4n) is 11.0. The highest BCUT2D eigenvalue weighted by atomic mass is 16.3. The Balaban J connectivity index is 0.921. The molecule has 0 saturated heterocycles. The lowest BCUT2D eigenvalue weighted by Crippen LogP contribution is -2.18. The summed E-state index contributed by atoms with van der Waals surface area (Å²) in [6.07, 6.45) is 4.39. The number of para-hydroxylation sites is 2. The normalized spacial score (nSPS) is 12.5. The van der Waals surface area contributed by atoms with E-state index in [1.165, 1.54) is 43.8 Å². The molecule has 0 bridgehead atoms. The van der Waals surface area contributed by atoms with Gasteiger partial charge in [0.15, 0.2) is 0 Å². The molecule has 4 nitrogen and oxygen atoms in total. The molecule has 0 aliphatic rings. The smallest absolute Gasteiger partial charge is 0.135 e. The van der Waals surface area contributed by atoms with E-state index >= 15 is 0 Å². The van der Waals surface area contributed by atoms with Crippen molar-refractivity contribution >= 4 is 94.9 Å². The lowest BCUT2D eigenvalue weighted by atomic mass is 9.96. The minimum absolute atomic E-state index is 0.655. The molecule has 4 heterocycles. The minimum Gasteiger partial charge on any atom is -0.457 e. The number of allylic oxidation sites excluding steroid dienone is 2. The van der Waals surface area contributed by atoms with Gasteiger partial charge in [-0.3, -0.25) is 0 Å². The second-order valence-corrected chi connectivity index (χ2v) is 18.5. The minimum atomic E-state index is 0.655. The van der Waals surface area contributed by atoms with Crippen LogP contribution in [0, 0.1) is 0 Å². The number of furan rings is 2. The summed E-state index contributed by atoms with van der Waals surface area (Å²) in [5, 5.41) is 9.05. The van der Waals surface area contributed by atoms with Gasteiger partial charge in [0.1, 0.15) is 22.2 Å². The Bertz CT molecular complexity index is 4600. The second-order valence-electron chi connectivity index (χ2n) is 18.5. The number of aromatic nitrogens is 2. The largest absolute Gasteiger partial charge is 0.457 e. The van der Waals surface area contributed by atoms with Crippen LogP contribution in [0.3, 0.4) is 0 Å². The molecular weight excluding hydrogens is 865 g/mol. The Morgan fingerprint density at radius 2 is 0.817 bits per heavy atom. The summed E-state index contributed by atoms with van der Waals surface area (Å²) in [7, 11) is 0. The first-order chi connectivity index (χ1) is 35.0. The topological polar surface area (TPSA) is 36.1 Å². The number of benzene rings is 10. The van der Waals surface area contributed by atoms with E-state index < -0.39 is 0 Å². The van der Waals surface area contributed by atoms with Crippen LogP contribution in [0.5, 0.6) is 0 Å². The second kappa shape index (κ2) is 16.1. The molecule has 14 aromatic rings. The molecule has 0 N–H and O–H groups in total. The average Bonchev–Trinajstić information content (AvgIpc) is 4.16. The monoisotopic (exact) mass is 908 g/mol. The summed E-state index contributed by atoms with van der Waals surface area (Å²) in [5.74, 6) is 0. The molecule has 0 amide bonds. The summed E-state index contributed by atoms with van der Waals surface area (Å²) >= 11 is 0. The highest BCUT2D eigenvalue weighted by Gasteiger charge is 2.19. The molecule has 10 aromatic carbocycles. The van der Waals surface area contributed by atoms with Gasteiger partial charge in [0, 0.05) is 54.3 Å². The van der Waals surface area contributed by atoms with E-state index in [9.17, 15) is 0 Å². The van der Waals surface area contributed by atoms with Gasteiger partial charge in [-0.25, -0.2) is 0 Å². The highest BCUT2D eigenvalue weighted by Crippen LogP contribution is 2.41. The molecule has 0 fully saturated rings. The molecule has 334 valence electrons. The molecule has 0 aliphatic heterocycles. The van der Waals surface area contributed by atoms with Crippen LogP contribution in [-0.2, 0) is 0 Å². The van der Waals surface area contributed by atoms with Gasteiger partial charge in [0.25, 0.3) is 0 Å². The molecule has 0 unspecified atom stereocenters. The van der Waals surface area contributed by atoms with Crippen LogP contribution in [0.4, 0.5) is 0 Å². The maximum absolute atomic E-state index is 6.26. The standard InChI is InChI=1S/C67H44N2O2/c1-3-51(40-55-42(2)70-65-23-12-10-21-53(55)65)68-61-30-25-47(43-15-6-4-7-16-43)36-56(61)58-38-49(27-32-62(58)68)45-19-14-20-46(35-45)50-28-33-64-59(39-50)57-37-48(44-17-8-5-9-18-44)26-31-63(57)69(64)52-29-34-67-60(41-52)54-22-11-13-24-66(54)71-67/h3-41H,2H2,1H3/b51-3+,55-40+. The molecule has 0 spiro atoms. The molecular formula is C67H44N2O2. The molecule has 4 aromatic heterocycles. The maximum Gasteiger partial charge on any atom is 0.135 e. The van der Waals surface area contributed by atoms with E-state index in [0.29, 0.717) is 5.42 Å². The van der Waals surface area contributed by atoms with Crippen molar-refractivity contribution in [1.82, 2.24) is 9.13 Å². The molecule has 0 saturated carbocycles. The molecule has 0 radical (unpaired) electrons. The Morgan fingerprint density at radius 1 is 0.366 bits per heavy atom. The van der Waals surface area contributed by atoms with Gasteiger partial charge in [-0.2, -0.15) is 0 Å². The lowest BCUT2D eigenvalue weighted by Gasteiger charge is -2.10.